The van der Waals surface area contributed by atoms with Crippen molar-refractivity contribution in [2.75, 3.05) is 6.54 Å². The van der Waals surface area contributed by atoms with E-state index in [-0.39, 0.29) is 11.9 Å². The van der Waals surface area contributed by atoms with Crippen LogP contribution < -0.4 is 0 Å². The van der Waals surface area contributed by atoms with E-state index in [9.17, 15) is 4.79 Å². The van der Waals surface area contributed by atoms with Crippen molar-refractivity contribution < 1.29 is 4.79 Å². The molecule has 152 valence electrons. The number of carbonyl (C=O) groups is 1. The number of carbonyl (C=O) groups excluding carboxylic acids is 1. The lowest BCUT2D eigenvalue weighted by atomic mass is 9.95. The average molecular weight is 390 g/mol. The van der Waals surface area contributed by atoms with Gasteiger partial charge in [-0.3, -0.25) is 9.78 Å². The van der Waals surface area contributed by atoms with Gasteiger partial charge in [0.05, 0.1) is 6.04 Å². The molecule has 1 saturated heterocycles. The summed E-state index contributed by atoms with van der Waals surface area (Å²) in [5.74, 6) is 0.283. The summed E-state index contributed by atoms with van der Waals surface area (Å²) in [7, 11) is 0. The van der Waals surface area contributed by atoms with Crippen molar-refractivity contribution in [2.45, 2.75) is 64.5 Å². The molecule has 3 heterocycles. The number of rotatable bonds is 6. The first-order valence-electron chi connectivity index (χ1n) is 10.9. The van der Waals surface area contributed by atoms with Crippen molar-refractivity contribution in [3.05, 3.63) is 66.1 Å². The van der Waals surface area contributed by atoms with E-state index in [1.165, 1.54) is 28.5 Å². The van der Waals surface area contributed by atoms with Crippen molar-refractivity contribution in [3.63, 3.8) is 0 Å². The molecule has 4 nitrogen and oxygen atoms in total. The topological polar surface area (TPSA) is 38.1 Å². The second-order valence-corrected chi connectivity index (χ2v) is 8.41. The minimum Gasteiger partial charge on any atom is -0.345 e. The van der Waals surface area contributed by atoms with E-state index >= 15 is 0 Å². The van der Waals surface area contributed by atoms with Crippen molar-refractivity contribution in [1.29, 1.82) is 0 Å². The summed E-state index contributed by atoms with van der Waals surface area (Å²) in [5.41, 5.74) is 3.81. The second-order valence-electron chi connectivity index (χ2n) is 8.41. The van der Waals surface area contributed by atoms with Crippen LogP contribution in [0.2, 0.25) is 0 Å². The van der Waals surface area contributed by atoms with Crippen LogP contribution in [-0.2, 0) is 11.2 Å². The summed E-state index contributed by atoms with van der Waals surface area (Å²) in [6.45, 7) is 5.30. The number of aromatic nitrogens is 2. The first-order valence-corrected chi connectivity index (χ1v) is 10.9. The highest BCUT2D eigenvalue weighted by Crippen LogP contribution is 2.31. The first kappa shape index (κ1) is 19.7. The van der Waals surface area contributed by atoms with E-state index in [4.69, 9.17) is 0 Å². The minimum absolute atomic E-state index is 0.188. The summed E-state index contributed by atoms with van der Waals surface area (Å²) in [6, 6.07) is 13.3. The van der Waals surface area contributed by atoms with E-state index in [0.29, 0.717) is 12.5 Å². The third-order valence-corrected chi connectivity index (χ3v) is 6.11. The number of hydrogen-bond acceptors (Lipinski definition) is 2. The highest BCUT2D eigenvalue weighted by molar-refractivity contribution is 5.84. The van der Waals surface area contributed by atoms with E-state index in [2.05, 4.69) is 64.8 Å². The highest BCUT2D eigenvalue weighted by Gasteiger charge is 2.27. The van der Waals surface area contributed by atoms with Gasteiger partial charge in [0.2, 0.25) is 5.91 Å². The summed E-state index contributed by atoms with van der Waals surface area (Å²) < 4.78 is 2.34. The van der Waals surface area contributed by atoms with Crippen molar-refractivity contribution in [2.24, 2.45) is 0 Å². The fourth-order valence-corrected chi connectivity index (χ4v) is 4.63. The molecule has 1 aromatic carbocycles. The molecule has 0 radical (unpaired) electrons. The van der Waals surface area contributed by atoms with Gasteiger partial charge in [0.15, 0.2) is 0 Å². The van der Waals surface area contributed by atoms with Crippen LogP contribution in [0.3, 0.4) is 0 Å². The molecule has 4 heteroatoms. The van der Waals surface area contributed by atoms with E-state index in [1.807, 2.05) is 12.3 Å². The van der Waals surface area contributed by atoms with Gasteiger partial charge < -0.3 is 9.47 Å². The van der Waals surface area contributed by atoms with Gasteiger partial charge in [-0.2, -0.15) is 0 Å². The molecule has 0 aliphatic carbocycles. The maximum Gasteiger partial charge on any atom is 0.223 e. The molecule has 1 aliphatic heterocycles. The van der Waals surface area contributed by atoms with E-state index in [0.717, 1.165) is 32.2 Å². The average Bonchev–Trinajstić information content (AvgIpc) is 3.13. The molecule has 0 N–H and O–H groups in total. The predicted molar refractivity (Wildman–Crippen MR) is 118 cm³/mol. The smallest absolute Gasteiger partial charge is 0.223 e. The number of nitrogens with zero attached hydrogens (tertiary/aromatic N) is 3. The maximum absolute atomic E-state index is 13.0. The molecule has 1 atom stereocenters. The summed E-state index contributed by atoms with van der Waals surface area (Å²) in [4.78, 5) is 19.4. The molecule has 0 bridgehead atoms. The monoisotopic (exact) mass is 389 g/mol. The molecule has 1 amide bonds. The Morgan fingerprint density at radius 3 is 2.83 bits per heavy atom. The van der Waals surface area contributed by atoms with Crippen LogP contribution in [0.5, 0.6) is 0 Å². The summed E-state index contributed by atoms with van der Waals surface area (Å²) in [5, 5.41) is 1.32. The number of hydrogen-bond donors (Lipinski definition) is 0. The summed E-state index contributed by atoms with van der Waals surface area (Å²) >= 11 is 0. The number of amides is 1. The quantitative estimate of drug-likeness (QED) is 0.543. The molecule has 0 saturated carbocycles. The lowest BCUT2D eigenvalue weighted by Crippen LogP contribution is -2.38. The van der Waals surface area contributed by atoms with Gasteiger partial charge >= 0.3 is 0 Å². The number of aryl methyl sites for hydroxylation is 1. The largest absolute Gasteiger partial charge is 0.345 e. The molecule has 1 aliphatic rings. The highest BCUT2D eigenvalue weighted by atomic mass is 16.2. The van der Waals surface area contributed by atoms with Crippen LogP contribution in [0.4, 0.5) is 0 Å². The number of benzene rings is 1. The first-order chi connectivity index (χ1) is 14.1. The normalized spacial score (nSPS) is 17.2. The van der Waals surface area contributed by atoms with Gasteiger partial charge in [-0.15, -0.1) is 0 Å². The Morgan fingerprint density at radius 1 is 1.17 bits per heavy atom. The number of para-hydroxylation sites is 1. The minimum atomic E-state index is 0.188. The number of piperidine rings is 1. The van der Waals surface area contributed by atoms with Gasteiger partial charge in [-0.05, 0) is 69.2 Å². The Labute approximate surface area is 173 Å². The van der Waals surface area contributed by atoms with Crippen LogP contribution in [0.25, 0.3) is 10.9 Å². The van der Waals surface area contributed by atoms with Gasteiger partial charge in [0.1, 0.15) is 0 Å². The third kappa shape index (κ3) is 4.21. The van der Waals surface area contributed by atoms with Gasteiger partial charge in [-0.1, -0.05) is 24.3 Å². The standard InChI is InChI=1S/C25H31N3O/c1-19(2)28-18-21(22-11-3-4-13-24(22)28)9-7-14-25(29)27-16-6-5-12-23(27)20-10-8-15-26-17-20/h3-4,8,10-11,13,15,17-19,23H,5-7,9,12,14,16H2,1-2H3/t23-/m1/s1. The van der Waals surface area contributed by atoms with Crippen molar-refractivity contribution >= 4 is 16.8 Å². The van der Waals surface area contributed by atoms with Crippen LogP contribution >= 0.6 is 0 Å². The van der Waals surface area contributed by atoms with Crippen LogP contribution in [0.15, 0.2) is 55.0 Å². The van der Waals surface area contributed by atoms with Gasteiger partial charge in [0, 0.05) is 48.5 Å². The fourth-order valence-electron chi connectivity index (χ4n) is 4.63. The van der Waals surface area contributed by atoms with Crippen LogP contribution in [0.1, 0.15) is 69.2 Å². The lowest BCUT2D eigenvalue weighted by molar-refractivity contribution is -0.135. The molecule has 29 heavy (non-hydrogen) atoms. The molecule has 1 fully saturated rings. The molecule has 0 spiro atoms. The summed E-state index contributed by atoms with van der Waals surface area (Å²) in [6.07, 6.45) is 11.8. The zero-order chi connectivity index (χ0) is 20.2. The Balaban J connectivity index is 1.43. The molecule has 2 aromatic heterocycles. The fraction of sp³-hybridized carbons (Fsp3) is 0.440. The maximum atomic E-state index is 13.0. The van der Waals surface area contributed by atoms with E-state index < -0.39 is 0 Å². The number of pyridine rings is 1. The number of fused-ring (bicyclic) bond motifs is 1. The van der Waals surface area contributed by atoms with E-state index in [1.54, 1.807) is 6.20 Å². The molecular weight excluding hydrogens is 358 g/mol. The molecule has 0 unspecified atom stereocenters. The second kappa shape index (κ2) is 8.81. The lowest BCUT2D eigenvalue weighted by Gasteiger charge is -2.36. The number of likely N-dealkylation sites (tertiary alicyclic amines) is 1. The predicted octanol–water partition coefficient (Wildman–Crippen LogP) is 5.69. The zero-order valence-electron chi connectivity index (χ0n) is 17.6. The zero-order valence-corrected chi connectivity index (χ0v) is 17.6. The Kier molecular flexibility index (Phi) is 5.98. The van der Waals surface area contributed by atoms with Crippen molar-refractivity contribution in [3.8, 4) is 0 Å². The van der Waals surface area contributed by atoms with Gasteiger partial charge in [0.25, 0.3) is 0 Å². The van der Waals surface area contributed by atoms with Crippen molar-refractivity contribution in [1.82, 2.24) is 14.5 Å². The molecular formula is C25H31N3O. The Morgan fingerprint density at radius 2 is 2.03 bits per heavy atom. The Bertz CT molecular complexity index is 961. The SMILES string of the molecule is CC(C)n1cc(CCCC(=O)N2CCCC[C@@H]2c2cccnc2)c2ccccc21. The third-order valence-electron chi connectivity index (χ3n) is 6.11. The van der Waals surface area contributed by atoms with Crippen LogP contribution in [-0.4, -0.2) is 26.9 Å². The Hall–Kier alpha value is -2.62. The molecule has 3 aromatic rings. The molecule has 4 rings (SSSR count). The van der Waals surface area contributed by atoms with Gasteiger partial charge in [-0.25, -0.2) is 0 Å². The van der Waals surface area contributed by atoms with Crippen LogP contribution in [0, 0.1) is 0 Å².